The van der Waals surface area contributed by atoms with Gasteiger partial charge in [-0.1, -0.05) is 42.0 Å². The van der Waals surface area contributed by atoms with Gasteiger partial charge in [0.1, 0.15) is 11.6 Å². The number of methoxy groups -OCH3 is 1. The Morgan fingerprint density at radius 1 is 1.16 bits per heavy atom. The van der Waals surface area contributed by atoms with E-state index < -0.39 is 0 Å². The first-order valence-corrected chi connectivity index (χ1v) is 11.4. The summed E-state index contributed by atoms with van der Waals surface area (Å²) in [4.78, 5) is 19.6. The van der Waals surface area contributed by atoms with E-state index in [9.17, 15) is 4.79 Å². The number of carbonyl (C=O) groups excluding carboxylic acids is 1. The fraction of sp³-hybridized carbons (Fsp3) is 0.375. The number of ether oxygens (including phenoxy) is 1. The molecule has 1 saturated heterocycles. The lowest BCUT2D eigenvalue weighted by atomic mass is 9.97. The molecule has 1 aliphatic heterocycles. The number of nitrogens with zero attached hydrogens (tertiary/aromatic N) is 3. The Kier molecular flexibility index (Phi) is 6.82. The largest absolute Gasteiger partial charge is 0.496 e. The smallest absolute Gasteiger partial charge is 0.255 e. The van der Waals surface area contributed by atoms with E-state index in [1.165, 1.54) is 22.7 Å². The summed E-state index contributed by atoms with van der Waals surface area (Å²) >= 11 is 1.48. The quantitative estimate of drug-likeness (QED) is 0.604. The van der Waals surface area contributed by atoms with E-state index in [1.807, 2.05) is 18.2 Å². The number of hydrogen-bond donors (Lipinski definition) is 1. The van der Waals surface area contributed by atoms with Crippen LogP contribution in [0, 0.1) is 12.8 Å². The molecular weight excluding hydrogens is 408 g/mol. The number of benzene rings is 2. The Balaban J connectivity index is 1.26. The van der Waals surface area contributed by atoms with Crippen LogP contribution in [0.4, 0.5) is 5.13 Å². The second-order valence-corrected chi connectivity index (χ2v) is 8.73. The van der Waals surface area contributed by atoms with Gasteiger partial charge in [0.2, 0.25) is 5.13 Å². The van der Waals surface area contributed by atoms with Crippen LogP contribution >= 0.6 is 11.5 Å². The van der Waals surface area contributed by atoms with E-state index in [-0.39, 0.29) is 5.91 Å². The van der Waals surface area contributed by atoms with Gasteiger partial charge in [0.05, 0.1) is 12.7 Å². The first-order valence-electron chi connectivity index (χ1n) is 10.7. The molecule has 162 valence electrons. The molecule has 2 heterocycles. The highest BCUT2D eigenvalue weighted by atomic mass is 32.1. The molecule has 0 aliphatic carbocycles. The van der Waals surface area contributed by atoms with Crippen molar-refractivity contribution in [1.29, 1.82) is 0 Å². The molecule has 0 saturated carbocycles. The molecule has 4 rings (SSSR count). The molecule has 7 heteroatoms. The number of nitrogens with one attached hydrogen (secondary N) is 1. The van der Waals surface area contributed by atoms with Gasteiger partial charge in [0.15, 0.2) is 0 Å². The van der Waals surface area contributed by atoms with Crippen LogP contribution in [-0.4, -0.2) is 42.0 Å². The lowest BCUT2D eigenvalue weighted by Gasteiger charge is -2.31. The number of piperidine rings is 1. The summed E-state index contributed by atoms with van der Waals surface area (Å²) in [5, 5.41) is 4.07. The Labute approximate surface area is 187 Å². The third-order valence-electron chi connectivity index (χ3n) is 5.73. The molecule has 31 heavy (non-hydrogen) atoms. The Morgan fingerprint density at radius 2 is 1.90 bits per heavy atom. The van der Waals surface area contributed by atoms with Crippen LogP contribution in [0.5, 0.6) is 5.75 Å². The van der Waals surface area contributed by atoms with Crippen LogP contribution in [0.1, 0.15) is 40.2 Å². The van der Waals surface area contributed by atoms with Gasteiger partial charge < -0.3 is 15.0 Å². The van der Waals surface area contributed by atoms with Gasteiger partial charge in [-0.3, -0.25) is 4.79 Å². The fourth-order valence-electron chi connectivity index (χ4n) is 3.83. The van der Waals surface area contributed by atoms with E-state index in [0.717, 1.165) is 43.3 Å². The summed E-state index contributed by atoms with van der Waals surface area (Å²) in [6.45, 7) is 4.65. The van der Waals surface area contributed by atoms with Gasteiger partial charge in [0.25, 0.3) is 5.91 Å². The van der Waals surface area contributed by atoms with Crippen LogP contribution in [0.3, 0.4) is 0 Å². The first kappa shape index (κ1) is 21.3. The van der Waals surface area contributed by atoms with Crippen molar-refractivity contribution in [3.63, 3.8) is 0 Å². The molecule has 6 nitrogen and oxygen atoms in total. The molecule has 3 aromatic rings. The minimum Gasteiger partial charge on any atom is -0.496 e. The number of carbonyl (C=O) groups is 1. The topological polar surface area (TPSA) is 67.3 Å². The van der Waals surface area contributed by atoms with Crippen molar-refractivity contribution in [1.82, 2.24) is 14.7 Å². The summed E-state index contributed by atoms with van der Waals surface area (Å²) in [7, 11) is 1.58. The minimum atomic E-state index is -0.0789. The van der Waals surface area contributed by atoms with Gasteiger partial charge in [0, 0.05) is 37.6 Å². The molecule has 1 fully saturated rings. The van der Waals surface area contributed by atoms with Gasteiger partial charge in [-0.25, -0.2) is 4.98 Å². The third kappa shape index (κ3) is 5.41. The zero-order valence-electron chi connectivity index (χ0n) is 18.0. The maximum absolute atomic E-state index is 12.5. The lowest BCUT2D eigenvalue weighted by Crippen LogP contribution is -2.38. The molecule has 0 unspecified atom stereocenters. The number of aromatic nitrogens is 2. The van der Waals surface area contributed by atoms with Crippen molar-refractivity contribution in [2.45, 2.75) is 26.2 Å². The highest BCUT2D eigenvalue weighted by Crippen LogP contribution is 2.25. The molecule has 0 radical (unpaired) electrons. The number of amides is 1. The van der Waals surface area contributed by atoms with E-state index in [1.54, 1.807) is 13.2 Å². The molecule has 2 aromatic carbocycles. The van der Waals surface area contributed by atoms with Crippen LogP contribution in [-0.2, 0) is 6.42 Å². The third-order valence-corrected chi connectivity index (χ3v) is 6.54. The minimum absolute atomic E-state index is 0.0789. The molecule has 1 aromatic heterocycles. The molecule has 0 atom stereocenters. The first-order chi connectivity index (χ1) is 15.1. The van der Waals surface area contributed by atoms with E-state index in [2.05, 4.69) is 45.8 Å². The Morgan fingerprint density at radius 3 is 2.65 bits per heavy atom. The van der Waals surface area contributed by atoms with Crippen molar-refractivity contribution in [3.8, 4) is 5.75 Å². The normalized spacial score (nSPS) is 14.5. The highest BCUT2D eigenvalue weighted by molar-refractivity contribution is 7.09. The summed E-state index contributed by atoms with van der Waals surface area (Å²) in [6, 6.07) is 15.8. The predicted molar refractivity (Wildman–Crippen MR) is 124 cm³/mol. The van der Waals surface area contributed by atoms with E-state index in [4.69, 9.17) is 9.72 Å². The van der Waals surface area contributed by atoms with Crippen molar-refractivity contribution >= 4 is 22.6 Å². The van der Waals surface area contributed by atoms with Crippen LogP contribution in [0.2, 0.25) is 0 Å². The van der Waals surface area contributed by atoms with Crippen molar-refractivity contribution < 1.29 is 9.53 Å². The summed E-state index contributed by atoms with van der Waals surface area (Å²) in [5.74, 6) is 1.88. The fourth-order valence-corrected chi connectivity index (χ4v) is 4.56. The average Bonchev–Trinajstić information content (AvgIpc) is 3.27. The summed E-state index contributed by atoms with van der Waals surface area (Å²) < 4.78 is 9.84. The Hall–Kier alpha value is -2.93. The zero-order valence-corrected chi connectivity index (χ0v) is 18.8. The second-order valence-electron chi connectivity index (χ2n) is 8.00. The number of para-hydroxylation sites is 1. The SMILES string of the molecule is COc1ccccc1C(=O)NCC1CCN(c2nc(Cc3ccc(C)cc3)ns2)CC1. The molecule has 1 aliphatic rings. The van der Waals surface area contributed by atoms with E-state index in [0.29, 0.717) is 23.8 Å². The molecule has 0 spiro atoms. The number of rotatable bonds is 7. The molecule has 1 amide bonds. The van der Waals surface area contributed by atoms with Gasteiger partial charge >= 0.3 is 0 Å². The number of hydrogen-bond acceptors (Lipinski definition) is 6. The molecule has 0 bridgehead atoms. The van der Waals surface area contributed by atoms with Crippen LogP contribution < -0.4 is 15.0 Å². The average molecular weight is 437 g/mol. The zero-order chi connectivity index (χ0) is 21.6. The number of anilines is 1. The van der Waals surface area contributed by atoms with Crippen molar-refractivity contribution in [3.05, 3.63) is 71.0 Å². The monoisotopic (exact) mass is 436 g/mol. The van der Waals surface area contributed by atoms with Crippen LogP contribution in [0.15, 0.2) is 48.5 Å². The maximum atomic E-state index is 12.5. The van der Waals surface area contributed by atoms with Gasteiger partial charge in [-0.05, 0) is 43.4 Å². The lowest BCUT2D eigenvalue weighted by molar-refractivity contribution is 0.0942. The number of aryl methyl sites for hydroxylation is 1. The predicted octanol–water partition coefficient (Wildman–Crippen LogP) is 4.09. The van der Waals surface area contributed by atoms with Crippen molar-refractivity contribution in [2.75, 3.05) is 31.6 Å². The molecular formula is C24H28N4O2S. The maximum Gasteiger partial charge on any atom is 0.255 e. The Bertz CT molecular complexity index is 1010. The highest BCUT2D eigenvalue weighted by Gasteiger charge is 2.23. The van der Waals surface area contributed by atoms with Crippen molar-refractivity contribution in [2.24, 2.45) is 5.92 Å². The van der Waals surface area contributed by atoms with Gasteiger partial charge in [-0.2, -0.15) is 4.37 Å². The summed E-state index contributed by atoms with van der Waals surface area (Å²) in [6.07, 6.45) is 2.82. The van der Waals surface area contributed by atoms with Crippen LogP contribution in [0.25, 0.3) is 0 Å². The van der Waals surface area contributed by atoms with Gasteiger partial charge in [-0.15, -0.1) is 0 Å². The summed E-state index contributed by atoms with van der Waals surface area (Å²) in [5.41, 5.74) is 3.08. The molecule has 1 N–H and O–H groups in total. The second kappa shape index (κ2) is 9.92. The standard InChI is InChI=1S/C24H28N4O2S/c1-17-7-9-18(10-8-17)15-22-26-24(31-27-22)28-13-11-19(12-14-28)16-25-23(29)20-5-3-4-6-21(20)30-2/h3-10,19H,11-16H2,1-2H3,(H,25,29). The van der Waals surface area contributed by atoms with E-state index >= 15 is 0 Å².